The third kappa shape index (κ3) is 3.17. The number of nitrogens with zero attached hydrogens (tertiary/aromatic N) is 2. The van der Waals surface area contributed by atoms with Gasteiger partial charge in [0.2, 0.25) is 0 Å². The van der Waals surface area contributed by atoms with Crippen molar-refractivity contribution in [2.24, 2.45) is 0 Å². The molecule has 6 nitrogen and oxygen atoms in total. The van der Waals surface area contributed by atoms with Crippen molar-refractivity contribution in [1.82, 2.24) is 9.88 Å². The zero-order valence-corrected chi connectivity index (χ0v) is 14.7. The van der Waals surface area contributed by atoms with Crippen molar-refractivity contribution in [2.75, 3.05) is 13.7 Å². The van der Waals surface area contributed by atoms with E-state index in [9.17, 15) is 14.7 Å². The average Bonchev–Trinajstić information content (AvgIpc) is 3.41. The zero-order valence-electron chi connectivity index (χ0n) is 14.7. The molecule has 1 saturated carbocycles. The minimum absolute atomic E-state index is 0.0654. The Bertz CT molecular complexity index is 862. The molecule has 1 aliphatic carbocycles. The van der Waals surface area contributed by atoms with Gasteiger partial charge in [0.25, 0.3) is 5.91 Å². The van der Waals surface area contributed by atoms with Crippen LogP contribution < -0.4 is 0 Å². The second-order valence-corrected chi connectivity index (χ2v) is 7.19. The summed E-state index contributed by atoms with van der Waals surface area (Å²) in [4.78, 5) is 31.0. The lowest BCUT2D eigenvalue weighted by Crippen LogP contribution is -2.37. The number of hydrogen-bond acceptors (Lipinski definition) is 4. The maximum absolute atomic E-state index is 13.4. The molecule has 2 aromatic rings. The number of carboxylic acid groups (broad SMARTS) is 1. The normalized spacial score (nSPS) is 22.7. The summed E-state index contributed by atoms with van der Waals surface area (Å²) in [5, 5.41) is 10.0. The summed E-state index contributed by atoms with van der Waals surface area (Å²) in [6.45, 7) is 0.419. The number of pyridine rings is 1. The topological polar surface area (TPSA) is 79.7 Å². The van der Waals surface area contributed by atoms with E-state index in [1.807, 2.05) is 30.3 Å². The molecule has 1 aromatic carbocycles. The minimum Gasteiger partial charge on any atom is -0.481 e. The van der Waals surface area contributed by atoms with E-state index in [1.165, 1.54) is 0 Å². The molecule has 136 valence electrons. The van der Waals surface area contributed by atoms with Gasteiger partial charge in [-0.1, -0.05) is 18.2 Å². The second kappa shape index (κ2) is 6.68. The molecular weight excluding hydrogens is 332 g/mol. The van der Waals surface area contributed by atoms with E-state index in [0.29, 0.717) is 24.4 Å². The Morgan fingerprint density at radius 1 is 1.31 bits per heavy atom. The number of carbonyl (C=O) groups is 2. The third-order valence-corrected chi connectivity index (χ3v) is 5.34. The lowest BCUT2D eigenvalue weighted by atomic mass is 10.0. The van der Waals surface area contributed by atoms with Gasteiger partial charge in [0.15, 0.2) is 0 Å². The number of carbonyl (C=O) groups excluding carboxylic acids is 1. The summed E-state index contributed by atoms with van der Waals surface area (Å²) < 4.78 is 5.40. The van der Waals surface area contributed by atoms with Crippen molar-refractivity contribution < 1.29 is 19.4 Å². The van der Waals surface area contributed by atoms with Crippen LogP contribution >= 0.6 is 0 Å². The van der Waals surface area contributed by atoms with Crippen molar-refractivity contribution in [1.29, 1.82) is 0 Å². The lowest BCUT2D eigenvalue weighted by Gasteiger charge is -2.24. The van der Waals surface area contributed by atoms with E-state index in [-0.39, 0.29) is 24.5 Å². The number of para-hydroxylation sites is 1. The Morgan fingerprint density at radius 2 is 2.08 bits per heavy atom. The van der Waals surface area contributed by atoms with Crippen molar-refractivity contribution >= 4 is 22.8 Å². The minimum atomic E-state index is -0.900. The first kappa shape index (κ1) is 17.0. The summed E-state index contributed by atoms with van der Waals surface area (Å²) in [5.74, 6) is -0.592. The Kier molecular flexibility index (Phi) is 4.36. The van der Waals surface area contributed by atoms with Crippen LogP contribution in [0.3, 0.4) is 0 Å². The number of likely N-dealkylation sites (tertiary alicyclic amines) is 1. The number of amides is 1. The molecule has 2 aliphatic rings. The molecule has 2 fully saturated rings. The van der Waals surface area contributed by atoms with Gasteiger partial charge in [-0.25, -0.2) is 0 Å². The summed E-state index contributed by atoms with van der Waals surface area (Å²) >= 11 is 0. The van der Waals surface area contributed by atoms with Gasteiger partial charge in [-0.05, 0) is 31.4 Å². The molecule has 2 atom stereocenters. The van der Waals surface area contributed by atoms with Crippen LogP contribution in [-0.4, -0.2) is 52.7 Å². The second-order valence-electron chi connectivity index (χ2n) is 7.19. The van der Waals surface area contributed by atoms with E-state index in [4.69, 9.17) is 9.72 Å². The van der Waals surface area contributed by atoms with Crippen LogP contribution in [0.2, 0.25) is 0 Å². The molecule has 1 saturated heterocycles. The third-order valence-electron chi connectivity index (χ3n) is 5.34. The first-order valence-electron chi connectivity index (χ1n) is 9.02. The molecule has 0 radical (unpaired) electrons. The molecule has 0 spiro atoms. The highest BCUT2D eigenvalue weighted by molar-refractivity contribution is 6.06. The number of benzene rings is 1. The Balaban J connectivity index is 1.73. The summed E-state index contributed by atoms with van der Waals surface area (Å²) in [5.41, 5.74) is 2.39. The van der Waals surface area contributed by atoms with Crippen LogP contribution in [0.5, 0.6) is 0 Å². The van der Waals surface area contributed by atoms with Gasteiger partial charge in [-0.15, -0.1) is 0 Å². The van der Waals surface area contributed by atoms with Gasteiger partial charge >= 0.3 is 5.97 Å². The first-order chi connectivity index (χ1) is 12.6. The van der Waals surface area contributed by atoms with E-state index < -0.39 is 5.97 Å². The predicted molar refractivity (Wildman–Crippen MR) is 96.2 cm³/mol. The molecule has 1 aromatic heterocycles. The SMILES string of the molecule is COC1CC(CC(=O)O)N(C(=O)c2cc(C3CC3)nc3ccccc23)C1. The summed E-state index contributed by atoms with van der Waals surface area (Å²) in [6, 6.07) is 9.21. The van der Waals surface area contributed by atoms with Gasteiger partial charge in [-0.2, -0.15) is 0 Å². The van der Waals surface area contributed by atoms with E-state index in [2.05, 4.69) is 0 Å². The largest absolute Gasteiger partial charge is 0.481 e. The number of methoxy groups -OCH3 is 1. The molecule has 1 amide bonds. The predicted octanol–water partition coefficient (Wildman–Crippen LogP) is 2.82. The molecule has 2 heterocycles. The van der Waals surface area contributed by atoms with E-state index in [0.717, 1.165) is 29.4 Å². The number of rotatable bonds is 5. The van der Waals surface area contributed by atoms with Crippen LogP contribution in [0.15, 0.2) is 30.3 Å². The van der Waals surface area contributed by atoms with Crippen molar-refractivity contribution in [2.45, 2.75) is 43.7 Å². The van der Waals surface area contributed by atoms with Crippen LogP contribution in [0.25, 0.3) is 10.9 Å². The first-order valence-corrected chi connectivity index (χ1v) is 9.02. The average molecular weight is 354 g/mol. The highest BCUT2D eigenvalue weighted by Gasteiger charge is 2.38. The standard InChI is InChI=1S/C20H22N2O4/c1-26-14-8-13(9-19(23)24)22(11-14)20(25)16-10-18(12-6-7-12)21-17-5-3-2-4-15(16)17/h2-5,10,12-14H,6-9,11H2,1H3,(H,23,24). The summed E-state index contributed by atoms with van der Waals surface area (Å²) in [7, 11) is 1.60. The van der Waals surface area contributed by atoms with Crippen molar-refractivity contribution in [3.05, 3.63) is 41.6 Å². The fourth-order valence-electron chi connectivity index (χ4n) is 3.80. The molecule has 26 heavy (non-hydrogen) atoms. The molecule has 2 unspecified atom stereocenters. The van der Waals surface area contributed by atoms with Crippen LogP contribution in [0.1, 0.15) is 47.7 Å². The fourth-order valence-corrected chi connectivity index (χ4v) is 3.80. The van der Waals surface area contributed by atoms with Gasteiger partial charge in [0.05, 0.1) is 23.6 Å². The number of fused-ring (bicyclic) bond motifs is 1. The van der Waals surface area contributed by atoms with Crippen molar-refractivity contribution in [3.63, 3.8) is 0 Å². The fraction of sp³-hybridized carbons (Fsp3) is 0.450. The summed E-state index contributed by atoms with van der Waals surface area (Å²) in [6.07, 6.45) is 2.57. The molecular formula is C20H22N2O4. The highest BCUT2D eigenvalue weighted by atomic mass is 16.5. The smallest absolute Gasteiger partial charge is 0.305 e. The molecule has 6 heteroatoms. The van der Waals surface area contributed by atoms with Crippen LogP contribution in [0, 0.1) is 0 Å². The Morgan fingerprint density at radius 3 is 2.77 bits per heavy atom. The maximum Gasteiger partial charge on any atom is 0.305 e. The Hall–Kier alpha value is -2.47. The van der Waals surface area contributed by atoms with Gasteiger partial charge < -0.3 is 14.7 Å². The molecule has 0 bridgehead atoms. The number of carboxylic acids is 1. The van der Waals surface area contributed by atoms with Gasteiger partial charge in [0.1, 0.15) is 0 Å². The van der Waals surface area contributed by atoms with Gasteiger partial charge in [0, 0.05) is 36.7 Å². The quantitative estimate of drug-likeness (QED) is 0.893. The molecule has 1 aliphatic heterocycles. The number of hydrogen-bond donors (Lipinski definition) is 1. The zero-order chi connectivity index (χ0) is 18.3. The number of aliphatic carboxylic acids is 1. The van der Waals surface area contributed by atoms with Crippen LogP contribution in [-0.2, 0) is 9.53 Å². The lowest BCUT2D eigenvalue weighted by molar-refractivity contribution is -0.137. The molecule has 4 rings (SSSR count). The monoisotopic (exact) mass is 354 g/mol. The van der Waals surface area contributed by atoms with Crippen LogP contribution in [0.4, 0.5) is 0 Å². The van der Waals surface area contributed by atoms with Crippen molar-refractivity contribution in [3.8, 4) is 0 Å². The maximum atomic E-state index is 13.4. The number of ether oxygens (including phenoxy) is 1. The van der Waals surface area contributed by atoms with E-state index in [1.54, 1.807) is 12.0 Å². The van der Waals surface area contributed by atoms with Gasteiger partial charge in [-0.3, -0.25) is 14.6 Å². The highest BCUT2D eigenvalue weighted by Crippen LogP contribution is 2.40. The Labute approximate surface area is 151 Å². The number of aromatic nitrogens is 1. The molecule has 1 N–H and O–H groups in total. The van der Waals surface area contributed by atoms with E-state index >= 15 is 0 Å².